The van der Waals surface area contributed by atoms with Crippen LogP contribution in [0.15, 0.2) is 51.4 Å². The quantitative estimate of drug-likeness (QED) is 0.738. The van der Waals surface area contributed by atoms with Crippen LogP contribution in [0.4, 0.5) is 16.2 Å². The Balaban J connectivity index is 2.03. The van der Waals surface area contributed by atoms with Gasteiger partial charge < -0.3 is 10.6 Å². The van der Waals surface area contributed by atoms with E-state index in [1.54, 1.807) is 0 Å². The molecule has 0 atom stereocenters. The first kappa shape index (κ1) is 14.1. The number of halogens is 2. The van der Waals surface area contributed by atoms with Gasteiger partial charge in [0.15, 0.2) is 0 Å². The summed E-state index contributed by atoms with van der Waals surface area (Å²) in [4.78, 5) is 11.9. The predicted molar refractivity (Wildman–Crippen MR) is 85.7 cm³/mol. The molecule has 2 aromatic carbocycles. The van der Waals surface area contributed by atoms with Crippen LogP contribution in [0.25, 0.3) is 0 Å². The monoisotopic (exact) mass is 382 g/mol. The van der Waals surface area contributed by atoms with Crippen molar-refractivity contribution in [1.82, 2.24) is 0 Å². The highest BCUT2D eigenvalue weighted by molar-refractivity contribution is 9.10. The number of carbonyl (C=O) groups is 1. The fourth-order valence-corrected chi connectivity index (χ4v) is 2.33. The van der Waals surface area contributed by atoms with Gasteiger partial charge in [0.2, 0.25) is 0 Å². The van der Waals surface area contributed by atoms with Gasteiger partial charge in [0.1, 0.15) is 0 Å². The number of urea groups is 1. The van der Waals surface area contributed by atoms with Crippen molar-refractivity contribution < 1.29 is 4.79 Å². The lowest BCUT2D eigenvalue weighted by atomic mass is 10.2. The largest absolute Gasteiger partial charge is 0.323 e. The lowest BCUT2D eigenvalue weighted by molar-refractivity contribution is 0.262. The van der Waals surface area contributed by atoms with Crippen LogP contribution in [-0.2, 0) is 0 Å². The van der Waals surface area contributed by atoms with Crippen molar-refractivity contribution >= 4 is 49.3 Å². The summed E-state index contributed by atoms with van der Waals surface area (Å²) in [6.07, 6.45) is 0. The standard InChI is InChI=1S/C14H12Br2N2O/c1-9-8-11(16)4-7-13(9)18-14(19)17-12-5-2-10(15)3-6-12/h2-8H,1H3,(H2,17,18,19). The number of benzene rings is 2. The summed E-state index contributed by atoms with van der Waals surface area (Å²) in [5, 5.41) is 5.59. The average molecular weight is 384 g/mol. The summed E-state index contributed by atoms with van der Waals surface area (Å²) in [5.74, 6) is 0. The Morgan fingerprint density at radius 1 is 0.947 bits per heavy atom. The molecule has 0 aliphatic rings. The summed E-state index contributed by atoms with van der Waals surface area (Å²) in [6, 6.07) is 12.9. The molecule has 0 radical (unpaired) electrons. The number of hydrogen-bond donors (Lipinski definition) is 2. The lowest BCUT2D eigenvalue weighted by Crippen LogP contribution is -2.19. The second-order valence-electron chi connectivity index (χ2n) is 4.05. The SMILES string of the molecule is Cc1cc(Br)ccc1NC(=O)Nc1ccc(Br)cc1. The molecule has 3 nitrogen and oxygen atoms in total. The van der Waals surface area contributed by atoms with E-state index in [1.807, 2.05) is 49.4 Å². The second-order valence-corrected chi connectivity index (χ2v) is 5.88. The van der Waals surface area contributed by atoms with Crippen LogP contribution in [0.3, 0.4) is 0 Å². The molecule has 0 heterocycles. The van der Waals surface area contributed by atoms with E-state index in [9.17, 15) is 4.79 Å². The first-order valence-electron chi connectivity index (χ1n) is 5.64. The molecule has 0 unspecified atom stereocenters. The zero-order chi connectivity index (χ0) is 13.8. The van der Waals surface area contributed by atoms with E-state index in [1.165, 1.54) is 0 Å². The molecule has 2 amide bonds. The number of aryl methyl sites for hydroxylation is 1. The van der Waals surface area contributed by atoms with Crippen LogP contribution in [-0.4, -0.2) is 6.03 Å². The number of hydrogen-bond acceptors (Lipinski definition) is 1. The van der Waals surface area contributed by atoms with E-state index in [4.69, 9.17) is 0 Å². The minimum atomic E-state index is -0.257. The molecule has 19 heavy (non-hydrogen) atoms. The fraction of sp³-hybridized carbons (Fsp3) is 0.0714. The van der Waals surface area contributed by atoms with E-state index in [0.29, 0.717) is 0 Å². The highest BCUT2D eigenvalue weighted by atomic mass is 79.9. The molecule has 98 valence electrons. The summed E-state index contributed by atoms with van der Waals surface area (Å²) in [6.45, 7) is 1.94. The van der Waals surface area contributed by atoms with Gasteiger partial charge in [-0.2, -0.15) is 0 Å². The van der Waals surface area contributed by atoms with Crippen LogP contribution in [0.2, 0.25) is 0 Å². The first-order valence-corrected chi connectivity index (χ1v) is 7.23. The van der Waals surface area contributed by atoms with Crippen molar-refractivity contribution in [2.45, 2.75) is 6.92 Å². The minimum Gasteiger partial charge on any atom is -0.308 e. The smallest absolute Gasteiger partial charge is 0.308 e. The maximum absolute atomic E-state index is 11.9. The van der Waals surface area contributed by atoms with Crippen molar-refractivity contribution in [1.29, 1.82) is 0 Å². The van der Waals surface area contributed by atoms with Gasteiger partial charge in [0.05, 0.1) is 0 Å². The number of anilines is 2. The molecular weight excluding hydrogens is 372 g/mol. The van der Waals surface area contributed by atoms with E-state index in [-0.39, 0.29) is 6.03 Å². The van der Waals surface area contributed by atoms with Crippen molar-refractivity contribution in [2.24, 2.45) is 0 Å². The third kappa shape index (κ3) is 4.08. The van der Waals surface area contributed by atoms with Crippen LogP contribution in [0.1, 0.15) is 5.56 Å². The number of amides is 2. The third-order valence-corrected chi connectivity index (χ3v) is 3.56. The molecule has 0 saturated heterocycles. The molecule has 0 bridgehead atoms. The molecule has 2 rings (SSSR count). The first-order chi connectivity index (χ1) is 9.04. The Morgan fingerprint density at radius 3 is 2.21 bits per heavy atom. The zero-order valence-corrected chi connectivity index (χ0v) is 13.4. The fourth-order valence-electron chi connectivity index (χ4n) is 1.59. The van der Waals surface area contributed by atoms with Gasteiger partial charge in [0.25, 0.3) is 0 Å². The van der Waals surface area contributed by atoms with Gasteiger partial charge in [0, 0.05) is 20.3 Å². The molecule has 0 fully saturated rings. The van der Waals surface area contributed by atoms with Crippen molar-refractivity contribution in [2.75, 3.05) is 10.6 Å². The summed E-state index contributed by atoms with van der Waals surface area (Å²) < 4.78 is 1.96. The Morgan fingerprint density at radius 2 is 1.58 bits per heavy atom. The maximum atomic E-state index is 11.9. The highest BCUT2D eigenvalue weighted by Crippen LogP contribution is 2.20. The van der Waals surface area contributed by atoms with E-state index >= 15 is 0 Å². The van der Waals surface area contributed by atoms with Gasteiger partial charge >= 0.3 is 6.03 Å². The number of rotatable bonds is 2. The van der Waals surface area contributed by atoms with E-state index in [0.717, 1.165) is 25.9 Å². The molecule has 0 spiro atoms. The number of carbonyl (C=O) groups excluding carboxylic acids is 1. The van der Waals surface area contributed by atoms with Crippen LogP contribution in [0, 0.1) is 6.92 Å². The molecule has 5 heteroatoms. The van der Waals surface area contributed by atoms with Crippen LogP contribution in [0.5, 0.6) is 0 Å². The molecule has 2 N–H and O–H groups in total. The highest BCUT2D eigenvalue weighted by Gasteiger charge is 2.05. The molecule has 0 aliphatic carbocycles. The minimum absolute atomic E-state index is 0.257. The Labute approximate surface area is 128 Å². The van der Waals surface area contributed by atoms with Gasteiger partial charge in [-0.3, -0.25) is 0 Å². The van der Waals surface area contributed by atoms with Gasteiger partial charge in [-0.25, -0.2) is 4.79 Å². The Kier molecular flexibility index (Phi) is 4.61. The Hall–Kier alpha value is -1.33. The third-order valence-electron chi connectivity index (χ3n) is 2.54. The Bertz CT molecular complexity index is 597. The molecule has 0 aromatic heterocycles. The van der Waals surface area contributed by atoms with E-state index < -0.39 is 0 Å². The molecule has 0 aliphatic heterocycles. The van der Waals surface area contributed by atoms with Gasteiger partial charge in [-0.05, 0) is 55.0 Å². The van der Waals surface area contributed by atoms with Gasteiger partial charge in [-0.15, -0.1) is 0 Å². The lowest BCUT2D eigenvalue weighted by Gasteiger charge is -2.10. The molecule has 2 aromatic rings. The summed E-state index contributed by atoms with van der Waals surface area (Å²) in [5.41, 5.74) is 2.54. The van der Waals surface area contributed by atoms with Crippen LogP contribution >= 0.6 is 31.9 Å². The zero-order valence-electron chi connectivity index (χ0n) is 10.2. The second kappa shape index (κ2) is 6.21. The maximum Gasteiger partial charge on any atom is 0.323 e. The van der Waals surface area contributed by atoms with Crippen LogP contribution < -0.4 is 10.6 Å². The summed E-state index contributed by atoms with van der Waals surface area (Å²) in [7, 11) is 0. The van der Waals surface area contributed by atoms with E-state index in [2.05, 4.69) is 42.5 Å². The van der Waals surface area contributed by atoms with Gasteiger partial charge in [-0.1, -0.05) is 31.9 Å². The van der Waals surface area contributed by atoms with Crippen molar-refractivity contribution in [3.8, 4) is 0 Å². The average Bonchev–Trinajstić information content (AvgIpc) is 2.36. The van der Waals surface area contributed by atoms with Crippen molar-refractivity contribution in [3.05, 3.63) is 57.0 Å². The topological polar surface area (TPSA) is 41.1 Å². The van der Waals surface area contributed by atoms with Crippen molar-refractivity contribution in [3.63, 3.8) is 0 Å². The molecule has 0 saturated carbocycles. The summed E-state index contributed by atoms with van der Waals surface area (Å²) >= 11 is 6.74. The molecular formula is C14H12Br2N2O. The normalized spacial score (nSPS) is 10.1. The predicted octanol–water partition coefficient (Wildman–Crippen LogP) is 5.16. The number of nitrogens with one attached hydrogen (secondary N) is 2.